The van der Waals surface area contributed by atoms with Gasteiger partial charge in [-0.05, 0) is 17.5 Å². The predicted octanol–water partition coefficient (Wildman–Crippen LogP) is -1.73. The van der Waals surface area contributed by atoms with Crippen molar-refractivity contribution in [2.24, 2.45) is 0 Å². The van der Waals surface area contributed by atoms with E-state index in [9.17, 15) is 48.5 Å². The second kappa shape index (κ2) is 10.6. The molecular weight excluding hydrogens is 597 g/mol. The van der Waals surface area contributed by atoms with E-state index in [2.05, 4.69) is 18.1 Å². The number of phosphoric acid groups is 3. The minimum absolute atomic E-state index is 0.0269. The maximum Gasteiger partial charge on any atom is 0.482 e. The van der Waals surface area contributed by atoms with Gasteiger partial charge in [0.25, 0.3) is 7.82 Å². The molecule has 208 valence electrons. The molecule has 0 spiro atoms. The van der Waals surface area contributed by atoms with Gasteiger partial charge in [-0.15, -0.1) is 11.3 Å². The number of nitrogens with zero attached hydrogens (tertiary/aromatic N) is 2. The van der Waals surface area contributed by atoms with Gasteiger partial charge in [-0.25, -0.2) is 18.7 Å². The Bertz CT molecular complexity index is 1520. The number of rotatable bonds is 9. The number of aliphatic hydroxyl groups is 2. The van der Waals surface area contributed by atoms with Crippen LogP contribution in [0.1, 0.15) is 6.23 Å². The van der Waals surface area contributed by atoms with Crippen LogP contribution in [0.15, 0.2) is 41.3 Å². The molecule has 2 unspecified atom stereocenters. The van der Waals surface area contributed by atoms with E-state index in [0.717, 1.165) is 16.3 Å². The maximum absolute atomic E-state index is 12.4. The molecule has 4 rings (SSSR count). The lowest BCUT2D eigenvalue weighted by Crippen LogP contribution is -2.36. The highest BCUT2D eigenvalue weighted by Crippen LogP contribution is 2.63. The molecule has 1 aliphatic heterocycles. The monoisotopic (exact) mass is 612 g/mol. The summed E-state index contributed by atoms with van der Waals surface area (Å²) >= 11 is 1.22. The van der Waals surface area contributed by atoms with Gasteiger partial charge in [0.15, 0.2) is 6.23 Å². The van der Waals surface area contributed by atoms with Gasteiger partial charge in [0.2, 0.25) is 0 Å². The van der Waals surface area contributed by atoms with Crippen LogP contribution >= 0.6 is 34.8 Å². The number of ether oxygens (including phenoxy) is 1. The Morgan fingerprint density at radius 1 is 1.11 bits per heavy atom. The van der Waals surface area contributed by atoms with Crippen molar-refractivity contribution in [2.45, 2.75) is 24.5 Å². The highest BCUT2D eigenvalue weighted by Gasteiger charge is 2.45. The molecule has 3 heterocycles. The van der Waals surface area contributed by atoms with Crippen molar-refractivity contribution < 1.29 is 66.5 Å². The van der Waals surface area contributed by atoms with Crippen LogP contribution in [0, 0.1) is 0 Å². The largest absolute Gasteiger partial charge is 0.858 e. The lowest BCUT2D eigenvalue weighted by molar-refractivity contribution is -0.334. The molecule has 6 atom stereocenters. The van der Waals surface area contributed by atoms with Crippen molar-refractivity contribution in [3.05, 3.63) is 47.0 Å². The van der Waals surface area contributed by atoms with Crippen LogP contribution < -0.4 is 25.5 Å². The number of hydrogen-bond donors (Lipinski definition) is 3. The Kier molecular flexibility index (Phi) is 8.14. The van der Waals surface area contributed by atoms with Gasteiger partial charge in [0.1, 0.15) is 18.3 Å². The van der Waals surface area contributed by atoms with E-state index in [1.165, 1.54) is 11.3 Å². The summed E-state index contributed by atoms with van der Waals surface area (Å²) in [5, 5.41) is 33.9. The second-order valence-corrected chi connectivity index (χ2v) is 13.0. The van der Waals surface area contributed by atoms with Gasteiger partial charge < -0.3 is 48.7 Å². The van der Waals surface area contributed by atoms with Crippen LogP contribution in [0.25, 0.3) is 20.5 Å². The summed E-state index contributed by atoms with van der Waals surface area (Å²) in [7, 11) is -17.9. The molecule has 0 saturated carbocycles. The number of aliphatic hydroxyl groups excluding tert-OH is 2. The molecule has 1 aliphatic rings. The van der Waals surface area contributed by atoms with Crippen LogP contribution in [0.4, 0.5) is 0 Å². The fourth-order valence-corrected chi connectivity index (χ4v) is 7.46. The first-order valence-corrected chi connectivity index (χ1v) is 15.3. The highest BCUT2D eigenvalue weighted by atomic mass is 32.1. The second-order valence-electron chi connectivity index (χ2n) is 7.67. The average Bonchev–Trinajstić information content (AvgIpc) is 3.31. The summed E-state index contributed by atoms with van der Waals surface area (Å²) in [4.78, 5) is 58.0. The summed E-state index contributed by atoms with van der Waals surface area (Å²) in [5.74, 6) is -0.869. The smallest absolute Gasteiger partial charge is 0.482 e. The third-order valence-electron chi connectivity index (χ3n) is 5.02. The number of fused-ring (bicyclic) bond motifs is 1. The molecule has 3 N–H and O–H groups in total. The van der Waals surface area contributed by atoms with E-state index in [1.54, 1.807) is 24.3 Å². The Morgan fingerprint density at radius 2 is 1.79 bits per heavy atom. The quantitative estimate of drug-likeness (QED) is 0.226. The maximum atomic E-state index is 12.4. The van der Waals surface area contributed by atoms with Crippen molar-refractivity contribution in [2.75, 3.05) is 6.61 Å². The lowest BCUT2D eigenvalue weighted by atomic mass is 10.1. The first-order chi connectivity index (χ1) is 17.6. The van der Waals surface area contributed by atoms with E-state index in [0.29, 0.717) is 9.44 Å². The molecule has 0 radical (unpaired) electrons. The van der Waals surface area contributed by atoms with Crippen LogP contribution in [0.5, 0.6) is 5.88 Å². The SMILES string of the molecule is O=c1nc([O-])c(-c2cc3ccccc3s2)cn1[C@@H]1O[C@H](COP(=O)([O-])OP(=O)(O)OP(=O)([O-])[O-])[C@@H](O)[C@H]1O. The standard InChI is InChI=1S/C17H19N2O15P3S/c20-13-10(7-31-36(27,28)34-37(29,30)33-35(24,25)26)32-16(14(13)21)19-6-9(15(22)18-17(19)23)12-5-8-3-1-2-4-11(8)38-12/h1-6,10,13-14,16,20-21H,7H2,(H,27,28)(H,29,30)(H,18,22,23)(H2,24,25,26)/p-4/t10-,13-,14-,16-/m1/s1. The topological polar surface area (TPSA) is 276 Å². The Balaban J connectivity index is 1.52. The first-order valence-electron chi connectivity index (χ1n) is 10.1. The first kappa shape index (κ1) is 29.1. The normalized spacial score (nSPS) is 25.3. The Labute approximate surface area is 215 Å². The zero-order valence-corrected chi connectivity index (χ0v) is 21.9. The molecule has 1 aromatic carbocycles. The Morgan fingerprint density at radius 3 is 2.45 bits per heavy atom. The number of thiophene rings is 1. The zero-order valence-electron chi connectivity index (χ0n) is 18.4. The number of benzene rings is 1. The summed E-state index contributed by atoms with van der Waals surface area (Å²) in [6, 6.07) is 8.86. The molecule has 21 heteroatoms. The zero-order chi connectivity index (χ0) is 28.0. The Hall–Kier alpha value is -1.85. The van der Waals surface area contributed by atoms with Crippen LogP contribution in [0.2, 0.25) is 0 Å². The molecule has 17 nitrogen and oxygen atoms in total. The van der Waals surface area contributed by atoms with Crippen LogP contribution in [-0.2, 0) is 31.6 Å². The van der Waals surface area contributed by atoms with Crippen LogP contribution in [0.3, 0.4) is 0 Å². The molecule has 0 amide bonds. The van der Waals surface area contributed by atoms with Crippen molar-refractivity contribution in [1.82, 2.24) is 9.55 Å². The van der Waals surface area contributed by atoms with E-state index >= 15 is 0 Å². The van der Waals surface area contributed by atoms with Crippen LogP contribution in [-0.4, -0.2) is 49.6 Å². The fourth-order valence-electron chi connectivity index (χ4n) is 3.47. The van der Waals surface area contributed by atoms with Gasteiger partial charge in [0, 0.05) is 27.2 Å². The van der Waals surface area contributed by atoms with E-state index in [1.807, 2.05) is 6.07 Å². The number of hydrogen-bond acceptors (Lipinski definition) is 16. The van der Waals surface area contributed by atoms with Gasteiger partial charge in [-0.1, -0.05) is 18.2 Å². The average molecular weight is 612 g/mol. The summed E-state index contributed by atoms with van der Waals surface area (Å²) in [6.07, 6.45) is -6.10. The number of phosphoric ester groups is 1. The molecule has 1 fully saturated rings. The molecule has 2 aromatic heterocycles. The molecule has 1 saturated heterocycles. The summed E-state index contributed by atoms with van der Waals surface area (Å²) in [6.45, 7) is -1.17. The summed E-state index contributed by atoms with van der Waals surface area (Å²) in [5.41, 5.74) is -1.19. The van der Waals surface area contributed by atoms with E-state index < -0.39 is 66.2 Å². The van der Waals surface area contributed by atoms with Crippen molar-refractivity contribution in [3.8, 4) is 16.3 Å². The molecule has 3 aromatic rings. The predicted molar refractivity (Wildman–Crippen MR) is 118 cm³/mol. The minimum atomic E-state index is -6.13. The van der Waals surface area contributed by atoms with Gasteiger partial charge >= 0.3 is 13.5 Å². The third-order valence-corrected chi connectivity index (χ3v) is 9.89. The number of aromatic nitrogens is 2. The lowest BCUT2D eigenvalue weighted by Gasteiger charge is -2.32. The van der Waals surface area contributed by atoms with Crippen molar-refractivity contribution >= 4 is 44.9 Å². The molecule has 38 heavy (non-hydrogen) atoms. The van der Waals surface area contributed by atoms with Gasteiger partial charge in [-0.3, -0.25) is 13.4 Å². The molecule has 0 aliphatic carbocycles. The minimum Gasteiger partial charge on any atom is -0.858 e. The fraction of sp³-hybridized carbons (Fsp3) is 0.294. The van der Waals surface area contributed by atoms with Gasteiger partial charge in [-0.2, -0.15) is 0 Å². The van der Waals surface area contributed by atoms with E-state index in [-0.39, 0.29) is 5.56 Å². The molecular formula is C17H15N2O15P3S-4. The van der Waals surface area contributed by atoms with E-state index in [4.69, 9.17) is 9.63 Å². The molecule has 0 bridgehead atoms. The third kappa shape index (κ3) is 6.65. The highest BCUT2D eigenvalue weighted by molar-refractivity contribution is 7.65. The summed E-state index contributed by atoms with van der Waals surface area (Å²) < 4.78 is 51.4. The van der Waals surface area contributed by atoms with Crippen molar-refractivity contribution in [3.63, 3.8) is 0 Å². The van der Waals surface area contributed by atoms with Gasteiger partial charge in [0.05, 0.1) is 14.4 Å². The van der Waals surface area contributed by atoms with Crippen molar-refractivity contribution in [1.29, 1.82) is 0 Å².